The van der Waals surface area contributed by atoms with Crippen LogP contribution in [0.1, 0.15) is 18.0 Å². The Morgan fingerprint density at radius 3 is 2.83 bits per heavy atom. The molecule has 1 saturated heterocycles. The van der Waals surface area contributed by atoms with Gasteiger partial charge in [0.1, 0.15) is 5.82 Å². The Morgan fingerprint density at radius 1 is 1.50 bits per heavy atom. The molecule has 1 N–H and O–H groups in total. The Kier molecular flexibility index (Phi) is 2.32. The van der Waals surface area contributed by atoms with E-state index in [-0.39, 0.29) is 11.9 Å². The third-order valence-electron chi connectivity index (χ3n) is 2.16. The lowest BCUT2D eigenvalue weighted by Crippen LogP contribution is -2.35. The van der Waals surface area contributed by atoms with Crippen LogP contribution in [-0.4, -0.2) is 6.54 Å². The lowest BCUT2D eigenvalue weighted by atomic mass is 9.98. The van der Waals surface area contributed by atoms with E-state index in [0.717, 1.165) is 22.1 Å². The minimum Gasteiger partial charge on any atom is -0.310 e. The third-order valence-corrected chi connectivity index (χ3v) is 2.83. The first-order valence-electron chi connectivity index (χ1n) is 3.96. The van der Waals surface area contributed by atoms with E-state index in [9.17, 15) is 4.39 Å². The van der Waals surface area contributed by atoms with E-state index in [1.807, 2.05) is 6.07 Å². The Balaban J connectivity index is 2.34. The number of hydrogen-bond acceptors (Lipinski definition) is 1. The molecule has 1 aromatic carbocycles. The van der Waals surface area contributed by atoms with Crippen LogP contribution in [0.15, 0.2) is 18.2 Å². The van der Waals surface area contributed by atoms with Crippen molar-refractivity contribution in [3.63, 3.8) is 0 Å². The van der Waals surface area contributed by atoms with Crippen LogP contribution in [0.5, 0.6) is 0 Å². The van der Waals surface area contributed by atoms with Gasteiger partial charge in [0.05, 0.1) is 0 Å². The zero-order valence-corrected chi connectivity index (χ0v) is 8.64. The molecule has 0 unspecified atom stereocenters. The zero-order valence-electron chi connectivity index (χ0n) is 6.48. The molecule has 12 heavy (non-hydrogen) atoms. The third kappa shape index (κ3) is 1.47. The molecule has 1 aliphatic heterocycles. The van der Waals surface area contributed by atoms with Crippen molar-refractivity contribution in [3.05, 3.63) is 33.1 Å². The molecule has 0 spiro atoms. The van der Waals surface area contributed by atoms with E-state index in [2.05, 4.69) is 27.9 Å². The smallest absolute Gasteiger partial charge is 0.128 e. The van der Waals surface area contributed by atoms with Gasteiger partial charge < -0.3 is 5.32 Å². The quantitative estimate of drug-likeness (QED) is 0.777. The van der Waals surface area contributed by atoms with E-state index in [1.165, 1.54) is 6.07 Å². The van der Waals surface area contributed by atoms with Crippen molar-refractivity contribution in [3.8, 4) is 0 Å². The largest absolute Gasteiger partial charge is 0.310 e. The van der Waals surface area contributed by atoms with Crippen LogP contribution in [0.25, 0.3) is 0 Å². The second kappa shape index (κ2) is 3.30. The first-order chi connectivity index (χ1) is 5.77. The van der Waals surface area contributed by atoms with Gasteiger partial charge in [-0.25, -0.2) is 4.39 Å². The fraction of sp³-hybridized carbons (Fsp3) is 0.333. The number of nitrogens with one attached hydrogen (secondary N) is 1. The maximum atomic E-state index is 13.2. The molecule has 64 valence electrons. The van der Waals surface area contributed by atoms with Crippen molar-refractivity contribution < 1.29 is 4.39 Å². The molecule has 1 aliphatic rings. The summed E-state index contributed by atoms with van der Waals surface area (Å²) in [5.41, 5.74) is 0.813. The lowest BCUT2D eigenvalue weighted by Gasteiger charge is -2.28. The first-order valence-corrected chi connectivity index (χ1v) is 5.03. The van der Waals surface area contributed by atoms with Crippen molar-refractivity contribution in [1.29, 1.82) is 0 Å². The van der Waals surface area contributed by atoms with Gasteiger partial charge in [-0.05, 0) is 53.8 Å². The summed E-state index contributed by atoms with van der Waals surface area (Å²) in [5, 5.41) is 3.19. The predicted octanol–water partition coefficient (Wildman–Crippen LogP) is 2.46. The molecule has 1 nitrogen and oxygen atoms in total. The van der Waals surface area contributed by atoms with Crippen LogP contribution >= 0.6 is 22.6 Å². The molecule has 1 atom stereocenters. The van der Waals surface area contributed by atoms with Gasteiger partial charge in [-0.1, -0.05) is 0 Å². The van der Waals surface area contributed by atoms with Crippen LogP contribution in [0, 0.1) is 9.39 Å². The van der Waals surface area contributed by atoms with Crippen LogP contribution in [0.4, 0.5) is 4.39 Å². The second-order valence-electron chi connectivity index (χ2n) is 2.96. The molecule has 1 aromatic rings. The van der Waals surface area contributed by atoms with E-state index >= 15 is 0 Å². The molecule has 0 saturated carbocycles. The normalized spacial score (nSPS) is 22.0. The van der Waals surface area contributed by atoms with E-state index < -0.39 is 0 Å². The van der Waals surface area contributed by atoms with E-state index in [4.69, 9.17) is 0 Å². The summed E-state index contributed by atoms with van der Waals surface area (Å²) < 4.78 is 14.3. The Bertz CT molecular complexity index is 297. The van der Waals surface area contributed by atoms with Gasteiger partial charge in [0.2, 0.25) is 0 Å². The Hall–Kier alpha value is -0.160. The topological polar surface area (TPSA) is 12.0 Å². The summed E-state index contributed by atoms with van der Waals surface area (Å²) in [4.78, 5) is 0. The molecular weight excluding hydrogens is 268 g/mol. The molecule has 0 aromatic heterocycles. The number of hydrogen-bond donors (Lipinski definition) is 1. The molecule has 0 radical (unpaired) electrons. The molecule has 3 heteroatoms. The summed E-state index contributed by atoms with van der Waals surface area (Å²) in [5.74, 6) is -0.0902. The summed E-state index contributed by atoms with van der Waals surface area (Å²) in [6, 6.07) is 5.49. The fourth-order valence-electron chi connectivity index (χ4n) is 1.34. The number of benzene rings is 1. The maximum Gasteiger partial charge on any atom is 0.128 e. The van der Waals surface area contributed by atoms with Crippen LogP contribution < -0.4 is 5.32 Å². The Labute approximate surface area is 84.5 Å². The molecule has 1 heterocycles. The second-order valence-corrected chi connectivity index (χ2v) is 4.21. The lowest BCUT2D eigenvalue weighted by molar-refractivity contribution is 0.370. The van der Waals surface area contributed by atoms with E-state index in [1.54, 1.807) is 6.07 Å². The summed E-state index contributed by atoms with van der Waals surface area (Å²) in [6.07, 6.45) is 1.05. The number of rotatable bonds is 1. The highest BCUT2D eigenvalue weighted by molar-refractivity contribution is 14.1. The molecule has 2 rings (SSSR count). The van der Waals surface area contributed by atoms with Gasteiger partial charge in [-0.15, -0.1) is 0 Å². The van der Waals surface area contributed by atoms with Crippen molar-refractivity contribution in [1.82, 2.24) is 5.32 Å². The molecule has 0 amide bonds. The number of halogens is 2. The average molecular weight is 277 g/mol. The van der Waals surface area contributed by atoms with Gasteiger partial charge in [-0.3, -0.25) is 0 Å². The monoisotopic (exact) mass is 277 g/mol. The average Bonchev–Trinajstić information content (AvgIpc) is 1.93. The minimum atomic E-state index is -0.0902. The Morgan fingerprint density at radius 2 is 2.25 bits per heavy atom. The van der Waals surface area contributed by atoms with E-state index in [0.29, 0.717) is 0 Å². The zero-order chi connectivity index (χ0) is 8.55. The standard InChI is InChI=1S/C9H9FIN/c10-8-2-1-6(11)5-7(8)9-3-4-12-9/h1-2,5,9,12H,3-4H2/t9-/m1/s1. The summed E-state index contributed by atoms with van der Waals surface area (Å²) in [7, 11) is 0. The predicted molar refractivity (Wildman–Crippen MR) is 54.5 cm³/mol. The summed E-state index contributed by atoms with van der Waals surface area (Å²) >= 11 is 2.20. The minimum absolute atomic E-state index is 0.0902. The maximum absolute atomic E-state index is 13.2. The SMILES string of the molecule is Fc1ccc(I)cc1[C@H]1CCN1. The van der Waals surface area contributed by atoms with Gasteiger partial charge >= 0.3 is 0 Å². The molecule has 0 bridgehead atoms. The molecule has 1 fully saturated rings. The van der Waals surface area contributed by atoms with Gasteiger partial charge in [-0.2, -0.15) is 0 Å². The molecular formula is C9H9FIN. The fourth-order valence-corrected chi connectivity index (χ4v) is 1.85. The van der Waals surface area contributed by atoms with Crippen molar-refractivity contribution in [2.24, 2.45) is 0 Å². The van der Waals surface area contributed by atoms with Gasteiger partial charge in [0.25, 0.3) is 0 Å². The highest BCUT2D eigenvalue weighted by atomic mass is 127. The van der Waals surface area contributed by atoms with Gasteiger partial charge in [0.15, 0.2) is 0 Å². The van der Waals surface area contributed by atoms with Crippen molar-refractivity contribution >= 4 is 22.6 Å². The van der Waals surface area contributed by atoms with Crippen LogP contribution in [0.3, 0.4) is 0 Å². The highest BCUT2D eigenvalue weighted by Gasteiger charge is 2.21. The highest BCUT2D eigenvalue weighted by Crippen LogP contribution is 2.26. The van der Waals surface area contributed by atoms with Gasteiger partial charge in [0, 0.05) is 15.2 Å². The first kappa shape index (κ1) is 8.44. The van der Waals surface area contributed by atoms with Crippen molar-refractivity contribution in [2.75, 3.05) is 6.54 Å². The van der Waals surface area contributed by atoms with Crippen LogP contribution in [0.2, 0.25) is 0 Å². The van der Waals surface area contributed by atoms with Crippen molar-refractivity contribution in [2.45, 2.75) is 12.5 Å². The van der Waals surface area contributed by atoms with Crippen LogP contribution in [-0.2, 0) is 0 Å². The molecule has 0 aliphatic carbocycles. The summed E-state index contributed by atoms with van der Waals surface area (Å²) in [6.45, 7) is 1.01.